The van der Waals surface area contributed by atoms with Gasteiger partial charge in [0.05, 0.1) is 41.7 Å². The Kier molecular flexibility index (Phi) is 6.47. The fraction of sp³-hybridized carbons (Fsp3) is 0.880. The number of aliphatic hydroxyl groups is 2. The molecule has 2 heterocycles. The fourth-order valence-corrected chi connectivity index (χ4v) is 9.68. The standard InChI is InChI=1S/C25H41N5O7S/c1-11-6-7-16-23(2,3)19(28-29-22(26)34)14(30-38(5,35)36)10-25(16)24(11,4)9-13-15(31)8-12-17(18(13)37-25)21(33)27-20(12)32/h11-18,21,30-31,33H,6-10H2,1-5H3,(H,27,32)(H3,26,29,34). The lowest BCUT2D eigenvalue weighted by molar-refractivity contribution is -0.324. The number of carbonyl (C=O) groups is 2. The maximum absolute atomic E-state index is 12.6. The van der Waals surface area contributed by atoms with Crippen LogP contribution in [0.2, 0.25) is 0 Å². The highest BCUT2D eigenvalue weighted by molar-refractivity contribution is 7.88. The first-order chi connectivity index (χ1) is 17.5. The van der Waals surface area contributed by atoms with Crippen molar-refractivity contribution in [2.24, 2.45) is 51.3 Å². The number of amides is 3. The fourth-order valence-electron chi connectivity index (χ4n) is 8.97. The summed E-state index contributed by atoms with van der Waals surface area (Å²) >= 11 is 0. The topological polar surface area (TPSA) is 192 Å². The van der Waals surface area contributed by atoms with Crippen LogP contribution in [0.3, 0.4) is 0 Å². The molecular formula is C25H41N5O7S. The van der Waals surface area contributed by atoms with Gasteiger partial charge in [0, 0.05) is 17.3 Å². The predicted molar refractivity (Wildman–Crippen MR) is 138 cm³/mol. The van der Waals surface area contributed by atoms with E-state index in [0.29, 0.717) is 12.1 Å². The number of fused-ring (bicyclic) bond motifs is 3. The molecule has 2 aliphatic heterocycles. The van der Waals surface area contributed by atoms with Crippen molar-refractivity contribution in [3.63, 3.8) is 0 Å². The van der Waals surface area contributed by atoms with Gasteiger partial charge in [-0.25, -0.2) is 23.4 Å². The van der Waals surface area contributed by atoms with Gasteiger partial charge in [-0.2, -0.15) is 5.10 Å². The molecular weight excluding hydrogens is 514 g/mol. The summed E-state index contributed by atoms with van der Waals surface area (Å²) in [4.78, 5) is 24.2. The van der Waals surface area contributed by atoms with Gasteiger partial charge in [-0.1, -0.05) is 27.7 Å². The number of ether oxygens (including phenoxy) is 1. The number of sulfonamides is 1. The van der Waals surface area contributed by atoms with Crippen molar-refractivity contribution in [3.8, 4) is 0 Å². The van der Waals surface area contributed by atoms with E-state index in [1.54, 1.807) is 0 Å². The van der Waals surface area contributed by atoms with Crippen LogP contribution in [0.15, 0.2) is 5.10 Å². The molecule has 5 aliphatic rings. The van der Waals surface area contributed by atoms with Gasteiger partial charge in [-0.3, -0.25) is 4.79 Å². The zero-order valence-corrected chi connectivity index (χ0v) is 23.4. The molecule has 38 heavy (non-hydrogen) atoms. The molecule has 12 nitrogen and oxygen atoms in total. The van der Waals surface area contributed by atoms with Crippen LogP contribution in [0.4, 0.5) is 4.79 Å². The molecule has 0 bridgehead atoms. The number of urea groups is 1. The van der Waals surface area contributed by atoms with Gasteiger partial charge < -0.3 is 26.0 Å². The van der Waals surface area contributed by atoms with Crippen LogP contribution >= 0.6 is 0 Å². The minimum Gasteiger partial charge on any atom is -0.393 e. The molecule has 5 fully saturated rings. The minimum atomic E-state index is -3.69. The van der Waals surface area contributed by atoms with Gasteiger partial charge in [0.25, 0.3) is 0 Å². The van der Waals surface area contributed by atoms with Gasteiger partial charge in [0.1, 0.15) is 6.23 Å². The summed E-state index contributed by atoms with van der Waals surface area (Å²) in [6.07, 6.45) is 1.49. The summed E-state index contributed by atoms with van der Waals surface area (Å²) in [5.41, 5.74) is 6.07. The molecule has 3 aliphatic carbocycles. The third kappa shape index (κ3) is 3.99. The van der Waals surface area contributed by atoms with Crippen LogP contribution in [0.1, 0.15) is 59.8 Å². The molecule has 2 saturated heterocycles. The number of hydrogen-bond acceptors (Lipinski definition) is 8. The summed E-state index contributed by atoms with van der Waals surface area (Å²) in [7, 11) is -3.69. The summed E-state index contributed by atoms with van der Waals surface area (Å²) in [5.74, 6) is -1.54. The lowest BCUT2D eigenvalue weighted by atomic mass is 9.41. The molecule has 7 N–H and O–H groups in total. The normalized spacial score (nSPS) is 48.8. The van der Waals surface area contributed by atoms with Crippen molar-refractivity contribution in [2.75, 3.05) is 6.26 Å². The van der Waals surface area contributed by atoms with Crippen molar-refractivity contribution in [2.45, 2.75) is 89.9 Å². The molecule has 0 aromatic heterocycles. The van der Waals surface area contributed by atoms with Crippen molar-refractivity contribution >= 4 is 27.7 Å². The van der Waals surface area contributed by atoms with Gasteiger partial charge in [0.15, 0.2) is 0 Å². The van der Waals surface area contributed by atoms with E-state index in [1.807, 2.05) is 13.8 Å². The molecule has 5 rings (SSSR count). The monoisotopic (exact) mass is 555 g/mol. The maximum atomic E-state index is 12.6. The molecule has 214 valence electrons. The first-order valence-corrected chi connectivity index (χ1v) is 15.4. The number of nitrogens with one attached hydrogen (secondary N) is 3. The van der Waals surface area contributed by atoms with E-state index in [-0.39, 0.29) is 36.5 Å². The molecule has 0 aromatic carbocycles. The highest BCUT2D eigenvalue weighted by atomic mass is 32.2. The lowest BCUT2D eigenvalue weighted by Crippen LogP contribution is -2.75. The van der Waals surface area contributed by atoms with Gasteiger partial charge in [-0.15, -0.1) is 0 Å². The quantitative estimate of drug-likeness (QED) is 0.264. The number of rotatable bonds is 3. The Morgan fingerprint density at radius 2 is 1.89 bits per heavy atom. The Hall–Kier alpha value is -1.80. The first-order valence-electron chi connectivity index (χ1n) is 13.5. The lowest BCUT2D eigenvalue weighted by Gasteiger charge is -2.70. The van der Waals surface area contributed by atoms with Crippen molar-refractivity contribution < 1.29 is 33.0 Å². The van der Waals surface area contributed by atoms with E-state index < -0.39 is 68.8 Å². The molecule has 13 heteroatoms. The highest BCUT2D eigenvalue weighted by Gasteiger charge is 2.72. The van der Waals surface area contributed by atoms with Crippen molar-refractivity contribution in [1.29, 1.82) is 0 Å². The smallest absolute Gasteiger partial charge is 0.332 e. The highest BCUT2D eigenvalue weighted by Crippen LogP contribution is 2.68. The van der Waals surface area contributed by atoms with Crippen LogP contribution in [0.5, 0.6) is 0 Å². The Balaban J connectivity index is 1.65. The Morgan fingerprint density at radius 1 is 1.21 bits per heavy atom. The van der Waals surface area contributed by atoms with Crippen LogP contribution in [-0.2, 0) is 19.6 Å². The first kappa shape index (κ1) is 27.8. The SMILES string of the molecule is CC1CCC2C(C)(C)C(=NNC(N)=O)C(NS(C)(=O)=O)CC23OC2C(CC13C)C(O)CC1C(=O)NC(O)C12. The predicted octanol–water partition coefficient (Wildman–Crippen LogP) is -0.0001000. The minimum absolute atomic E-state index is 0.122. The van der Waals surface area contributed by atoms with E-state index in [1.165, 1.54) is 0 Å². The summed E-state index contributed by atoms with van der Waals surface area (Å²) in [5, 5.41) is 29.0. The number of carbonyl (C=O) groups excluding carboxylic acids is 2. The van der Waals surface area contributed by atoms with E-state index in [0.717, 1.165) is 19.1 Å². The average Bonchev–Trinajstić information content (AvgIpc) is 3.05. The zero-order valence-electron chi connectivity index (χ0n) is 22.6. The molecule has 0 radical (unpaired) electrons. The van der Waals surface area contributed by atoms with Crippen molar-refractivity contribution in [3.05, 3.63) is 0 Å². The zero-order chi connectivity index (χ0) is 28.0. The van der Waals surface area contributed by atoms with Crippen LogP contribution < -0.4 is 21.2 Å². The molecule has 11 unspecified atom stereocenters. The molecule has 1 spiro atoms. The van der Waals surface area contributed by atoms with E-state index in [4.69, 9.17) is 10.5 Å². The van der Waals surface area contributed by atoms with E-state index >= 15 is 0 Å². The van der Waals surface area contributed by atoms with E-state index in [2.05, 4.69) is 34.4 Å². The second-order valence-corrected chi connectivity index (χ2v) is 14.9. The summed E-state index contributed by atoms with van der Waals surface area (Å²) in [6, 6.07) is -1.64. The number of hydrazone groups is 1. The van der Waals surface area contributed by atoms with Crippen LogP contribution in [0, 0.1) is 40.4 Å². The van der Waals surface area contributed by atoms with Gasteiger partial charge >= 0.3 is 6.03 Å². The summed E-state index contributed by atoms with van der Waals surface area (Å²) in [6.45, 7) is 8.32. The van der Waals surface area contributed by atoms with Gasteiger partial charge in [0.2, 0.25) is 15.9 Å². The average molecular weight is 556 g/mol. The Bertz CT molecular complexity index is 1160. The molecule has 11 atom stereocenters. The second-order valence-electron chi connectivity index (χ2n) is 13.1. The Labute approximate surface area is 223 Å². The number of nitrogens with zero attached hydrogens (tertiary/aromatic N) is 1. The van der Waals surface area contributed by atoms with Crippen molar-refractivity contribution in [1.82, 2.24) is 15.5 Å². The van der Waals surface area contributed by atoms with Crippen LogP contribution in [0.25, 0.3) is 0 Å². The number of hydrogen-bond donors (Lipinski definition) is 6. The number of aliphatic hydroxyl groups excluding tert-OH is 2. The number of nitrogens with two attached hydrogens (primary N) is 1. The number of primary amides is 1. The second kappa shape index (κ2) is 8.85. The van der Waals surface area contributed by atoms with E-state index in [9.17, 15) is 28.2 Å². The summed E-state index contributed by atoms with van der Waals surface area (Å²) < 4.78 is 35.0. The Morgan fingerprint density at radius 3 is 2.53 bits per heavy atom. The van der Waals surface area contributed by atoms with Gasteiger partial charge in [-0.05, 0) is 49.4 Å². The third-order valence-corrected chi connectivity index (χ3v) is 11.5. The molecule has 3 saturated carbocycles. The maximum Gasteiger partial charge on any atom is 0.332 e. The largest absolute Gasteiger partial charge is 0.393 e. The third-order valence-electron chi connectivity index (χ3n) is 10.8. The molecule has 3 amide bonds. The molecule has 0 aromatic rings. The van der Waals surface area contributed by atoms with Crippen LogP contribution in [-0.4, -0.2) is 72.6 Å².